The van der Waals surface area contributed by atoms with Crippen LogP contribution >= 0.6 is 0 Å². The molecular weight excluding hydrogens is 204 g/mol. The molecule has 2 fully saturated rings. The lowest BCUT2D eigenvalue weighted by atomic mass is 9.76. The second-order valence-electron chi connectivity index (χ2n) is 5.05. The summed E-state index contributed by atoms with van der Waals surface area (Å²) in [5.74, 6) is 1.30. The minimum absolute atomic E-state index is 0.127. The highest BCUT2D eigenvalue weighted by atomic mass is 16.5. The van der Waals surface area contributed by atoms with Crippen LogP contribution in [0.1, 0.15) is 56.7 Å². The second kappa shape index (κ2) is 4.13. The van der Waals surface area contributed by atoms with Crippen molar-refractivity contribution >= 4 is 0 Å². The van der Waals surface area contributed by atoms with Crippen LogP contribution in [0.25, 0.3) is 0 Å². The van der Waals surface area contributed by atoms with Crippen LogP contribution in [0.2, 0.25) is 0 Å². The molecule has 1 N–H and O–H groups in total. The van der Waals surface area contributed by atoms with Gasteiger partial charge in [0, 0.05) is 12.5 Å². The number of aromatic amines is 1. The van der Waals surface area contributed by atoms with Crippen molar-refractivity contribution in [3.8, 4) is 0 Å². The molecule has 1 saturated carbocycles. The van der Waals surface area contributed by atoms with Crippen molar-refractivity contribution in [3.63, 3.8) is 0 Å². The van der Waals surface area contributed by atoms with Crippen molar-refractivity contribution in [1.82, 2.24) is 20.6 Å². The first kappa shape index (κ1) is 10.2. The zero-order valence-corrected chi connectivity index (χ0v) is 9.48. The fourth-order valence-corrected chi connectivity index (χ4v) is 3.14. The van der Waals surface area contributed by atoms with Gasteiger partial charge in [0.25, 0.3) is 0 Å². The predicted octanol–water partition coefficient (Wildman–Crippen LogP) is 1.80. The summed E-state index contributed by atoms with van der Waals surface area (Å²) in [6.07, 6.45) is 8.49. The van der Waals surface area contributed by atoms with Gasteiger partial charge in [-0.3, -0.25) is 0 Å². The van der Waals surface area contributed by atoms with Gasteiger partial charge in [0.05, 0.1) is 5.60 Å². The number of aromatic nitrogens is 4. The van der Waals surface area contributed by atoms with Crippen LogP contribution in [0.15, 0.2) is 0 Å². The number of H-pyrrole nitrogens is 1. The van der Waals surface area contributed by atoms with Crippen LogP contribution in [0.5, 0.6) is 0 Å². The number of rotatable bonds is 1. The predicted molar refractivity (Wildman–Crippen MR) is 57.9 cm³/mol. The van der Waals surface area contributed by atoms with Crippen LogP contribution in [-0.4, -0.2) is 32.8 Å². The Morgan fingerprint density at radius 2 is 2.12 bits per heavy atom. The molecule has 1 aliphatic heterocycles. The number of tetrazole rings is 1. The number of nitrogens with one attached hydrogen (secondary N) is 1. The maximum absolute atomic E-state index is 6.05. The molecular formula is C11H18N4O. The quantitative estimate of drug-likeness (QED) is 0.787. The SMILES string of the molecule is C1CCC2(CC1)CC(c1nn[nH]n1)CCO2. The molecule has 88 valence electrons. The third-order valence-electron chi connectivity index (χ3n) is 3.98. The Hall–Kier alpha value is -0.970. The van der Waals surface area contributed by atoms with E-state index in [1.165, 1.54) is 32.1 Å². The Balaban J connectivity index is 1.74. The van der Waals surface area contributed by atoms with Gasteiger partial charge in [-0.25, -0.2) is 0 Å². The van der Waals surface area contributed by atoms with Crippen molar-refractivity contribution in [3.05, 3.63) is 5.82 Å². The Bertz CT molecular complexity index is 326. The Labute approximate surface area is 95.0 Å². The first-order valence-corrected chi connectivity index (χ1v) is 6.25. The molecule has 3 rings (SSSR count). The molecule has 0 radical (unpaired) electrons. The van der Waals surface area contributed by atoms with Crippen molar-refractivity contribution in [2.24, 2.45) is 0 Å². The zero-order valence-electron chi connectivity index (χ0n) is 9.48. The monoisotopic (exact) mass is 222 g/mol. The van der Waals surface area contributed by atoms with E-state index in [1.807, 2.05) is 0 Å². The lowest BCUT2D eigenvalue weighted by Crippen LogP contribution is -2.41. The number of nitrogens with zero attached hydrogens (tertiary/aromatic N) is 3. The molecule has 0 bridgehead atoms. The smallest absolute Gasteiger partial charge is 0.177 e. The third-order valence-corrected chi connectivity index (χ3v) is 3.98. The van der Waals surface area contributed by atoms with Crippen molar-refractivity contribution in [1.29, 1.82) is 0 Å². The molecule has 1 aromatic rings. The zero-order chi connectivity index (χ0) is 10.8. The van der Waals surface area contributed by atoms with Crippen molar-refractivity contribution in [2.45, 2.75) is 56.5 Å². The molecule has 16 heavy (non-hydrogen) atoms. The molecule has 2 aliphatic rings. The number of ether oxygens (including phenoxy) is 1. The van der Waals surface area contributed by atoms with E-state index < -0.39 is 0 Å². The van der Waals surface area contributed by atoms with Gasteiger partial charge in [-0.05, 0) is 25.7 Å². The van der Waals surface area contributed by atoms with E-state index in [0.717, 1.165) is 25.3 Å². The summed E-state index contributed by atoms with van der Waals surface area (Å²) in [6, 6.07) is 0. The fraction of sp³-hybridized carbons (Fsp3) is 0.909. The fourth-order valence-electron chi connectivity index (χ4n) is 3.14. The summed E-state index contributed by atoms with van der Waals surface area (Å²) in [7, 11) is 0. The second-order valence-corrected chi connectivity index (χ2v) is 5.05. The molecule has 5 heteroatoms. The van der Waals surface area contributed by atoms with E-state index in [2.05, 4.69) is 20.6 Å². The lowest BCUT2D eigenvalue weighted by Gasteiger charge is -2.42. The first-order chi connectivity index (χ1) is 7.88. The minimum Gasteiger partial charge on any atom is -0.375 e. The van der Waals surface area contributed by atoms with Crippen LogP contribution in [0, 0.1) is 0 Å². The van der Waals surface area contributed by atoms with E-state index in [0.29, 0.717) is 5.92 Å². The van der Waals surface area contributed by atoms with E-state index in [-0.39, 0.29) is 5.60 Å². The molecule has 1 saturated heterocycles. The Morgan fingerprint density at radius 1 is 1.25 bits per heavy atom. The third kappa shape index (κ3) is 1.84. The van der Waals surface area contributed by atoms with E-state index >= 15 is 0 Å². The van der Waals surface area contributed by atoms with Crippen LogP contribution in [-0.2, 0) is 4.74 Å². The van der Waals surface area contributed by atoms with Gasteiger partial charge < -0.3 is 4.74 Å². The van der Waals surface area contributed by atoms with E-state index in [9.17, 15) is 0 Å². The van der Waals surface area contributed by atoms with Gasteiger partial charge in [0.2, 0.25) is 0 Å². The molecule has 5 nitrogen and oxygen atoms in total. The summed E-state index contributed by atoms with van der Waals surface area (Å²) in [4.78, 5) is 0. The highest BCUT2D eigenvalue weighted by Gasteiger charge is 2.39. The average Bonchev–Trinajstić information content (AvgIpc) is 2.83. The van der Waals surface area contributed by atoms with Gasteiger partial charge >= 0.3 is 0 Å². The van der Waals surface area contributed by atoms with Gasteiger partial charge in [-0.15, -0.1) is 10.2 Å². The highest BCUT2D eigenvalue weighted by Crippen LogP contribution is 2.43. The molecule has 0 aromatic carbocycles. The van der Waals surface area contributed by atoms with Crippen molar-refractivity contribution in [2.75, 3.05) is 6.61 Å². The standard InChI is InChI=1S/C11H18N4O/c1-2-5-11(6-3-1)8-9(4-7-16-11)10-12-14-15-13-10/h9H,1-8H2,(H,12,13,14,15). The topological polar surface area (TPSA) is 63.7 Å². The van der Waals surface area contributed by atoms with Crippen LogP contribution < -0.4 is 0 Å². The largest absolute Gasteiger partial charge is 0.375 e. The maximum Gasteiger partial charge on any atom is 0.177 e. The summed E-state index contributed by atoms with van der Waals surface area (Å²) in [6.45, 7) is 0.846. The Morgan fingerprint density at radius 3 is 2.88 bits per heavy atom. The van der Waals surface area contributed by atoms with E-state index in [1.54, 1.807) is 0 Å². The van der Waals surface area contributed by atoms with Gasteiger partial charge in [0.15, 0.2) is 5.82 Å². The molecule has 1 atom stereocenters. The minimum atomic E-state index is 0.127. The molecule has 1 spiro atoms. The maximum atomic E-state index is 6.05. The number of hydrogen-bond acceptors (Lipinski definition) is 4. The van der Waals surface area contributed by atoms with Crippen LogP contribution in [0.4, 0.5) is 0 Å². The molecule has 0 amide bonds. The molecule has 1 aliphatic carbocycles. The molecule has 1 unspecified atom stereocenters. The average molecular weight is 222 g/mol. The highest BCUT2D eigenvalue weighted by molar-refractivity contribution is 5.00. The number of hydrogen-bond donors (Lipinski definition) is 1. The molecule has 1 aromatic heterocycles. The van der Waals surface area contributed by atoms with Crippen molar-refractivity contribution < 1.29 is 4.74 Å². The first-order valence-electron chi connectivity index (χ1n) is 6.25. The van der Waals surface area contributed by atoms with Gasteiger partial charge in [0.1, 0.15) is 0 Å². The van der Waals surface area contributed by atoms with Gasteiger partial charge in [-0.2, -0.15) is 5.21 Å². The normalized spacial score (nSPS) is 29.4. The van der Waals surface area contributed by atoms with Crippen LogP contribution in [0.3, 0.4) is 0 Å². The summed E-state index contributed by atoms with van der Waals surface area (Å²) >= 11 is 0. The summed E-state index contributed by atoms with van der Waals surface area (Å²) < 4.78 is 6.05. The van der Waals surface area contributed by atoms with E-state index in [4.69, 9.17) is 4.74 Å². The summed E-state index contributed by atoms with van der Waals surface area (Å²) in [5, 5.41) is 14.4. The molecule has 2 heterocycles. The summed E-state index contributed by atoms with van der Waals surface area (Å²) in [5.41, 5.74) is 0.127. The Kier molecular flexibility index (Phi) is 2.63. The lowest BCUT2D eigenvalue weighted by molar-refractivity contribution is -0.107. The van der Waals surface area contributed by atoms with Gasteiger partial charge in [-0.1, -0.05) is 24.5 Å².